The van der Waals surface area contributed by atoms with Crippen molar-refractivity contribution in [3.8, 4) is 11.5 Å². The topological polar surface area (TPSA) is 54.0 Å². The zero-order valence-corrected chi connectivity index (χ0v) is 15.3. The zero-order valence-electron chi connectivity index (χ0n) is 15.3. The molecule has 2 heterocycles. The number of piperazine rings is 1. The van der Waals surface area contributed by atoms with Crippen molar-refractivity contribution in [3.05, 3.63) is 23.8 Å². The van der Waals surface area contributed by atoms with Gasteiger partial charge in [0.15, 0.2) is 0 Å². The molecule has 25 heavy (non-hydrogen) atoms. The number of hydrogen-bond acceptors (Lipinski definition) is 5. The highest BCUT2D eigenvalue weighted by atomic mass is 16.5. The van der Waals surface area contributed by atoms with E-state index in [2.05, 4.69) is 22.0 Å². The van der Waals surface area contributed by atoms with Crippen LogP contribution in [0.4, 0.5) is 0 Å². The first-order chi connectivity index (χ1) is 12.2. The van der Waals surface area contributed by atoms with Gasteiger partial charge in [0, 0.05) is 39.3 Å². The number of likely N-dealkylation sites (N-methyl/N-ethyl adjacent to an activating group) is 1. The Hall–Kier alpha value is -1.79. The molecule has 1 amide bonds. The molecule has 0 unspecified atom stereocenters. The summed E-state index contributed by atoms with van der Waals surface area (Å²) in [4.78, 5) is 17.3. The highest BCUT2D eigenvalue weighted by molar-refractivity contribution is 5.79. The van der Waals surface area contributed by atoms with Crippen LogP contribution in [-0.4, -0.2) is 75.2 Å². The summed E-state index contributed by atoms with van der Waals surface area (Å²) in [5.41, 5.74) is 1.04. The Kier molecular flexibility index (Phi) is 6.15. The lowest BCUT2D eigenvalue weighted by Gasteiger charge is -2.34. The van der Waals surface area contributed by atoms with E-state index in [9.17, 15) is 4.79 Å². The lowest BCUT2D eigenvalue weighted by molar-refractivity contribution is -0.126. The minimum Gasteiger partial charge on any atom is -0.497 e. The fourth-order valence-electron chi connectivity index (χ4n) is 3.48. The van der Waals surface area contributed by atoms with Crippen molar-refractivity contribution in [2.24, 2.45) is 5.92 Å². The van der Waals surface area contributed by atoms with Gasteiger partial charge < -0.3 is 19.7 Å². The fraction of sp³-hybridized carbons (Fsp3) is 0.632. The highest BCUT2D eigenvalue weighted by Crippen LogP contribution is 2.30. The molecule has 2 aliphatic rings. The third-order valence-electron chi connectivity index (χ3n) is 5.18. The van der Waals surface area contributed by atoms with Crippen LogP contribution in [-0.2, 0) is 11.2 Å². The maximum absolute atomic E-state index is 12.5. The number of carbonyl (C=O) groups excluding carboxylic acids is 1. The van der Waals surface area contributed by atoms with E-state index in [0.717, 1.165) is 56.3 Å². The molecule has 1 atom stereocenters. The Balaban J connectivity index is 1.43. The number of fused-ring (bicyclic) bond motifs is 1. The fourth-order valence-corrected chi connectivity index (χ4v) is 3.48. The molecule has 0 spiro atoms. The quantitative estimate of drug-likeness (QED) is 0.832. The van der Waals surface area contributed by atoms with Gasteiger partial charge in [-0.25, -0.2) is 0 Å². The lowest BCUT2D eigenvalue weighted by atomic mass is 9.96. The first kappa shape index (κ1) is 18.0. The van der Waals surface area contributed by atoms with Crippen molar-refractivity contribution in [1.29, 1.82) is 0 Å². The minimum absolute atomic E-state index is 0.0839. The molecule has 0 aromatic heterocycles. The van der Waals surface area contributed by atoms with Crippen molar-refractivity contribution in [1.82, 2.24) is 15.1 Å². The zero-order chi connectivity index (χ0) is 17.6. The maximum atomic E-state index is 12.5. The highest BCUT2D eigenvalue weighted by Gasteiger charge is 2.26. The predicted molar refractivity (Wildman–Crippen MR) is 97.2 cm³/mol. The van der Waals surface area contributed by atoms with Gasteiger partial charge in [-0.2, -0.15) is 0 Å². The van der Waals surface area contributed by atoms with Gasteiger partial charge >= 0.3 is 0 Å². The number of amides is 1. The molecule has 1 aromatic rings. The van der Waals surface area contributed by atoms with Crippen LogP contribution in [0.2, 0.25) is 0 Å². The number of nitrogens with zero attached hydrogens (tertiary/aromatic N) is 2. The Morgan fingerprint density at radius 3 is 2.76 bits per heavy atom. The van der Waals surface area contributed by atoms with Crippen molar-refractivity contribution < 1.29 is 14.3 Å². The summed E-state index contributed by atoms with van der Waals surface area (Å²) in [5.74, 6) is 1.62. The third-order valence-corrected chi connectivity index (χ3v) is 5.18. The molecule has 138 valence electrons. The summed E-state index contributed by atoms with van der Waals surface area (Å²) in [6, 6.07) is 5.76. The molecular formula is C19H29N3O3. The van der Waals surface area contributed by atoms with Crippen LogP contribution in [0.3, 0.4) is 0 Å². The summed E-state index contributed by atoms with van der Waals surface area (Å²) in [7, 11) is 1.65. The standard InChI is InChI=1S/C19H29N3O3/c1-3-21-8-10-22(11-9-21)7-6-20-19(23)16-12-15-13-17(24-2)4-5-18(15)25-14-16/h4-5,13,16H,3,6-12,14H2,1-2H3,(H,20,23)/t16-/m1/s1. The van der Waals surface area contributed by atoms with Gasteiger partial charge in [-0.3, -0.25) is 9.69 Å². The smallest absolute Gasteiger partial charge is 0.226 e. The number of rotatable bonds is 6. The molecule has 0 radical (unpaired) electrons. The van der Waals surface area contributed by atoms with Crippen LogP contribution in [0.25, 0.3) is 0 Å². The molecule has 1 aromatic carbocycles. The average molecular weight is 347 g/mol. The van der Waals surface area contributed by atoms with Gasteiger partial charge in [0.2, 0.25) is 5.91 Å². The molecule has 0 saturated carbocycles. The third kappa shape index (κ3) is 4.64. The molecule has 2 aliphatic heterocycles. The second-order valence-electron chi connectivity index (χ2n) is 6.75. The maximum Gasteiger partial charge on any atom is 0.226 e. The molecule has 6 heteroatoms. The number of carbonyl (C=O) groups is 1. The Bertz CT molecular complexity index is 585. The Labute approximate surface area is 150 Å². The molecule has 0 bridgehead atoms. The minimum atomic E-state index is -0.128. The average Bonchev–Trinajstić information content (AvgIpc) is 2.67. The van der Waals surface area contributed by atoms with E-state index in [1.54, 1.807) is 7.11 Å². The lowest BCUT2D eigenvalue weighted by Crippen LogP contribution is -2.48. The summed E-state index contributed by atoms with van der Waals surface area (Å²) in [6.07, 6.45) is 0.702. The molecular weight excluding hydrogens is 318 g/mol. The Morgan fingerprint density at radius 2 is 2.04 bits per heavy atom. The van der Waals surface area contributed by atoms with Crippen molar-refractivity contribution >= 4 is 5.91 Å². The normalized spacial score (nSPS) is 21.3. The van der Waals surface area contributed by atoms with Gasteiger partial charge in [-0.05, 0) is 36.7 Å². The van der Waals surface area contributed by atoms with E-state index in [1.165, 1.54) is 0 Å². The number of methoxy groups -OCH3 is 1. The number of hydrogen-bond donors (Lipinski definition) is 1. The molecule has 6 nitrogen and oxygen atoms in total. The van der Waals surface area contributed by atoms with E-state index in [4.69, 9.17) is 9.47 Å². The molecule has 1 N–H and O–H groups in total. The van der Waals surface area contributed by atoms with Gasteiger partial charge in [0.1, 0.15) is 18.1 Å². The number of benzene rings is 1. The molecule has 1 saturated heterocycles. The van der Waals surface area contributed by atoms with Gasteiger partial charge in [-0.1, -0.05) is 6.92 Å². The van der Waals surface area contributed by atoms with Gasteiger partial charge in [-0.15, -0.1) is 0 Å². The Morgan fingerprint density at radius 1 is 1.28 bits per heavy atom. The van der Waals surface area contributed by atoms with Crippen molar-refractivity contribution in [3.63, 3.8) is 0 Å². The van der Waals surface area contributed by atoms with E-state index in [1.807, 2.05) is 18.2 Å². The molecule has 1 fully saturated rings. The monoisotopic (exact) mass is 347 g/mol. The van der Waals surface area contributed by atoms with E-state index >= 15 is 0 Å². The summed E-state index contributed by atoms with van der Waals surface area (Å²) in [6.45, 7) is 9.81. The first-order valence-corrected chi connectivity index (χ1v) is 9.21. The van der Waals surface area contributed by atoms with E-state index in [-0.39, 0.29) is 11.8 Å². The summed E-state index contributed by atoms with van der Waals surface area (Å²) >= 11 is 0. The summed E-state index contributed by atoms with van der Waals surface area (Å²) in [5, 5.41) is 3.08. The SMILES string of the molecule is CCN1CCN(CCNC(=O)[C@H]2COc3ccc(OC)cc3C2)CC1. The number of ether oxygens (including phenoxy) is 2. The second kappa shape index (κ2) is 8.54. The van der Waals surface area contributed by atoms with E-state index in [0.29, 0.717) is 19.6 Å². The van der Waals surface area contributed by atoms with E-state index < -0.39 is 0 Å². The largest absolute Gasteiger partial charge is 0.497 e. The van der Waals surface area contributed by atoms with Crippen LogP contribution in [0, 0.1) is 5.92 Å². The van der Waals surface area contributed by atoms with Crippen LogP contribution in [0.1, 0.15) is 12.5 Å². The van der Waals surface area contributed by atoms with Gasteiger partial charge in [0.05, 0.1) is 13.0 Å². The van der Waals surface area contributed by atoms with Crippen LogP contribution >= 0.6 is 0 Å². The predicted octanol–water partition coefficient (Wildman–Crippen LogP) is 1.00. The first-order valence-electron chi connectivity index (χ1n) is 9.21. The van der Waals surface area contributed by atoms with Crippen molar-refractivity contribution in [2.75, 3.05) is 59.5 Å². The number of nitrogens with one attached hydrogen (secondary N) is 1. The van der Waals surface area contributed by atoms with Gasteiger partial charge in [0.25, 0.3) is 0 Å². The van der Waals surface area contributed by atoms with Crippen LogP contribution in [0.5, 0.6) is 11.5 Å². The molecule has 0 aliphatic carbocycles. The molecule has 3 rings (SSSR count). The second-order valence-corrected chi connectivity index (χ2v) is 6.75. The van der Waals surface area contributed by atoms with Crippen LogP contribution in [0.15, 0.2) is 18.2 Å². The van der Waals surface area contributed by atoms with Crippen LogP contribution < -0.4 is 14.8 Å². The summed E-state index contributed by atoms with van der Waals surface area (Å²) < 4.78 is 11.0. The van der Waals surface area contributed by atoms with Crippen molar-refractivity contribution in [2.45, 2.75) is 13.3 Å².